The molecule has 2 aromatic rings. The number of aromatic nitrogens is 2. The average molecular weight is 215 g/mol. The Morgan fingerprint density at radius 1 is 1.06 bits per heavy atom. The van der Waals surface area contributed by atoms with Crippen LogP contribution in [-0.2, 0) is 0 Å². The molecule has 0 radical (unpaired) electrons. The molecule has 0 saturated heterocycles. The summed E-state index contributed by atoms with van der Waals surface area (Å²) < 4.78 is 5.50. The first-order valence-electron chi connectivity index (χ1n) is 4.98. The van der Waals surface area contributed by atoms with Gasteiger partial charge in [-0.15, -0.1) is 0 Å². The third-order valence-corrected chi connectivity index (χ3v) is 2.13. The second kappa shape index (κ2) is 4.18. The lowest BCUT2D eigenvalue weighted by Crippen LogP contribution is -1.96. The molecule has 0 bridgehead atoms. The zero-order chi connectivity index (χ0) is 11.5. The van der Waals surface area contributed by atoms with Crippen molar-refractivity contribution in [3.63, 3.8) is 0 Å². The Morgan fingerprint density at radius 2 is 1.75 bits per heavy atom. The molecule has 0 aliphatic rings. The van der Waals surface area contributed by atoms with Gasteiger partial charge in [0.15, 0.2) is 5.75 Å². The van der Waals surface area contributed by atoms with Crippen LogP contribution in [0.15, 0.2) is 30.6 Å². The van der Waals surface area contributed by atoms with Crippen molar-refractivity contribution in [2.45, 2.75) is 13.8 Å². The Labute approximate surface area is 94.1 Å². The van der Waals surface area contributed by atoms with Gasteiger partial charge in [-0.05, 0) is 37.1 Å². The monoisotopic (exact) mass is 215 g/mol. The van der Waals surface area contributed by atoms with Gasteiger partial charge in [-0.2, -0.15) is 0 Å². The molecule has 0 unspecified atom stereocenters. The molecular formula is C12H13N3O. The van der Waals surface area contributed by atoms with Crippen molar-refractivity contribution in [3.05, 3.63) is 41.7 Å². The van der Waals surface area contributed by atoms with E-state index in [1.807, 2.05) is 26.0 Å². The number of hydrogen-bond donors (Lipinski definition) is 1. The van der Waals surface area contributed by atoms with E-state index in [0.29, 0.717) is 17.4 Å². The summed E-state index contributed by atoms with van der Waals surface area (Å²) in [7, 11) is 0. The molecule has 0 atom stereocenters. The SMILES string of the molecule is Cc1cnc(Oc2cc(C)ccc2N)nc1. The number of ether oxygens (including phenoxy) is 1. The summed E-state index contributed by atoms with van der Waals surface area (Å²) in [6.45, 7) is 3.90. The number of rotatable bonds is 2. The van der Waals surface area contributed by atoms with Crippen molar-refractivity contribution in [1.82, 2.24) is 9.97 Å². The summed E-state index contributed by atoms with van der Waals surface area (Å²) in [5.41, 5.74) is 8.44. The van der Waals surface area contributed by atoms with Gasteiger partial charge in [0.2, 0.25) is 0 Å². The smallest absolute Gasteiger partial charge is 0.321 e. The standard InChI is InChI=1S/C12H13N3O/c1-8-3-4-10(13)11(5-8)16-12-14-6-9(2)7-15-12/h3-7H,13H2,1-2H3. The van der Waals surface area contributed by atoms with Crippen molar-refractivity contribution in [2.24, 2.45) is 0 Å². The van der Waals surface area contributed by atoms with Gasteiger partial charge in [-0.1, -0.05) is 6.07 Å². The lowest BCUT2D eigenvalue weighted by atomic mass is 10.2. The van der Waals surface area contributed by atoms with E-state index in [4.69, 9.17) is 10.5 Å². The van der Waals surface area contributed by atoms with E-state index >= 15 is 0 Å². The fourth-order valence-corrected chi connectivity index (χ4v) is 1.26. The molecule has 1 aromatic carbocycles. The van der Waals surface area contributed by atoms with E-state index in [1.165, 1.54) is 0 Å². The van der Waals surface area contributed by atoms with Gasteiger partial charge in [0.05, 0.1) is 5.69 Å². The Balaban J connectivity index is 2.26. The lowest BCUT2D eigenvalue weighted by Gasteiger charge is -2.07. The molecule has 2 N–H and O–H groups in total. The second-order valence-corrected chi connectivity index (χ2v) is 3.69. The second-order valence-electron chi connectivity index (χ2n) is 3.69. The highest BCUT2D eigenvalue weighted by atomic mass is 16.5. The molecule has 2 rings (SSSR count). The van der Waals surface area contributed by atoms with Gasteiger partial charge < -0.3 is 10.5 Å². The van der Waals surface area contributed by atoms with Crippen molar-refractivity contribution in [1.29, 1.82) is 0 Å². The Morgan fingerprint density at radius 3 is 2.44 bits per heavy atom. The van der Waals surface area contributed by atoms with Gasteiger partial charge in [0.1, 0.15) is 0 Å². The molecule has 0 aliphatic heterocycles. The normalized spacial score (nSPS) is 10.1. The minimum Gasteiger partial charge on any atom is -0.422 e. The lowest BCUT2D eigenvalue weighted by molar-refractivity contribution is 0.443. The zero-order valence-electron chi connectivity index (χ0n) is 9.27. The van der Waals surface area contributed by atoms with Crippen LogP contribution in [0.3, 0.4) is 0 Å². The molecule has 0 aliphatic carbocycles. The Hall–Kier alpha value is -2.10. The first-order chi connectivity index (χ1) is 7.65. The molecular weight excluding hydrogens is 202 g/mol. The van der Waals surface area contributed by atoms with E-state index in [0.717, 1.165) is 11.1 Å². The van der Waals surface area contributed by atoms with E-state index in [9.17, 15) is 0 Å². The molecule has 0 fully saturated rings. The molecule has 16 heavy (non-hydrogen) atoms. The largest absolute Gasteiger partial charge is 0.422 e. The van der Waals surface area contributed by atoms with Crippen LogP contribution in [0, 0.1) is 13.8 Å². The fraction of sp³-hybridized carbons (Fsp3) is 0.167. The predicted octanol–water partition coefficient (Wildman–Crippen LogP) is 2.47. The van der Waals surface area contributed by atoms with Gasteiger partial charge in [-0.25, -0.2) is 9.97 Å². The number of anilines is 1. The molecule has 1 heterocycles. The van der Waals surface area contributed by atoms with E-state index in [-0.39, 0.29) is 0 Å². The number of benzene rings is 1. The number of nitrogens with zero attached hydrogens (tertiary/aromatic N) is 2. The minimum absolute atomic E-state index is 0.308. The van der Waals surface area contributed by atoms with Crippen molar-refractivity contribution < 1.29 is 4.74 Å². The summed E-state index contributed by atoms with van der Waals surface area (Å²) in [5.74, 6) is 0.587. The third-order valence-electron chi connectivity index (χ3n) is 2.13. The fourth-order valence-electron chi connectivity index (χ4n) is 1.26. The summed E-state index contributed by atoms with van der Waals surface area (Å²) in [4.78, 5) is 8.11. The summed E-state index contributed by atoms with van der Waals surface area (Å²) in [6, 6.07) is 5.90. The predicted molar refractivity (Wildman–Crippen MR) is 62.4 cm³/mol. The Bertz CT molecular complexity index is 494. The summed E-state index contributed by atoms with van der Waals surface area (Å²) in [6.07, 6.45) is 3.41. The summed E-state index contributed by atoms with van der Waals surface area (Å²) in [5, 5.41) is 0. The maximum atomic E-state index is 5.79. The highest BCUT2D eigenvalue weighted by molar-refractivity contribution is 5.54. The third kappa shape index (κ3) is 2.28. The molecule has 4 nitrogen and oxygen atoms in total. The van der Waals surface area contributed by atoms with Crippen LogP contribution in [0.4, 0.5) is 5.69 Å². The van der Waals surface area contributed by atoms with E-state index in [1.54, 1.807) is 18.5 Å². The van der Waals surface area contributed by atoms with Crippen LogP contribution < -0.4 is 10.5 Å². The van der Waals surface area contributed by atoms with Crippen LogP contribution in [0.5, 0.6) is 11.8 Å². The number of hydrogen-bond acceptors (Lipinski definition) is 4. The van der Waals surface area contributed by atoms with E-state index < -0.39 is 0 Å². The van der Waals surface area contributed by atoms with Crippen LogP contribution in [0.1, 0.15) is 11.1 Å². The van der Waals surface area contributed by atoms with Gasteiger partial charge in [0, 0.05) is 12.4 Å². The van der Waals surface area contributed by atoms with Crippen molar-refractivity contribution in [2.75, 3.05) is 5.73 Å². The van der Waals surface area contributed by atoms with E-state index in [2.05, 4.69) is 9.97 Å². The molecule has 1 aromatic heterocycles. The summed E-state index contributed by atoms with van der Waals surface area (Å²) >= 11 is 0. The molecule has 0 amide bonds. The number of aryl methyl sites for hydroxylation is 2. The highest BCUT2D eigenvalue weighted by Crippen LogP contribution is 2.25. The molecule has 0 spiro atoms. The maximum absolute atomic E-state index is 5.79. The molecule has 82 valence electrons. The topological polar surface area (TPSA) is 61.0 Å². The maximum Gasteiger partial charge on any atom is 0.321 e. The quantitative estimate of drug-likeness (QED) is 0.782. The van der Waals surface area contributed by atoms with Crippen LogP contribution in [-0.4, -0.2) is 9.97 Å². The van der Waals surface area contributed by atoms with Crippen LogP contribution >= 0.6 is 0 Å². The van der Waals surface area contributed by atoms with Crippen molar-refractivity contribution in [3.8, 4) is 11.8 Å². The van der Waals surface area contributed by atoms with Gasteiger partial charge >= 0.3 is 6.01 Å². The van der Waals surface area contributed by atoms with Gasteiger partial charge in [0.25, 0.3) is 0 Å². The number of nitrogens with two attached hydrogens (primary N) is 1. The molecule has 0 saturated carbocycles. The Kier molecular flexibility index (Phi) is 2.72. The van der Waals surface area contributed by atoms with Crippen LogP contribution in [0.25, 0.3) is 0 Å². The average Bonchev–Trinajstić information content (AvgIpc) is 2.27. The first-order valence-corrected chi connectivity index (χ1v) is 4.98. The first kappa shape index (κ1) is 10.4. The van der Waals surface area contributed by atoms with Gasteiger partial charge in [-0.3, -0.25) is 0 Å². The molecule has 4 heteroatoms. The number of nitrogen functional groups attached to an aromatic ring is 1. The zero-order valence-corrected chi connectivity index (χ0v) is 9.27. The highest BCUT2D eigenvalue weighted by Gasteiger charge is 2.04. The van der Waals surface area contributed by atoms with Crippen molar-refractivity contribution >= 4 is 5.69 Å². The minimum atomic E-state index is 0.308. The van der Waals surface area contributed by atoms with Crippen LogP contribution in [0.2, 0.25) is 0 Å².